The third-order valence-electron chi connectivity index (χ3n) is 3.97. The Kier molecular flexibility index (Phi) is 5.59. The quantitative estimate of drug-likeness (QED) is 0.712. The first-order valence-electron chi connectivity index (χ1n) is 8.00. The number of hydrogen-bond acceptors (Lipinski definition) is 4. The van der Waals surface area contributed by atoms with Gasteiger partial charge < -0.3 is 10.1 Å². The number of nitrogens with one attached hydrogen (secondary N) is 1. The molecular formula is C19H17Cl2N3O2. The number of benzene rings is 1. The summed E-state index contributed by atoms with van der Waals surface area (Å²) in [6.07, 6.45) is 3.33. The number of ether oxygens (including phenoxy) is 1. The van der Waals surface area contributed by atoms with Crippen LogP contribution < -0.4 is 10.1 Å². The maximum Gasteiger partial charge on any atom is 0.224 e. The zero-order valence-electron chi connectivity index (χ0n) is 14.3. The lowest BCUT2D eigenvalue weighted by Gasteiger charge is -2.13. The van der Waals surface area contributed by atoms with Crippen LogP contribution >= 0.6 is 23.2 Å². The molecule has 26 heavy (non-hydrogen) atoms. The molecule has 1 aromatic carbocycles. The monoisotopic (exact) mass is 389 g/mol. The first kappa shape index (κ1) is 18.4. The summed E-state index contributed by atoms with van der Waals surface area (Å²) in [5.41, 5.74) is 3.08. The molecule has 0 radical (unpaired) electrons. The number of likely N-dealkylation sites (N-methyl/N-ethyl adjacent to an activating group) is 1. The number of amides is 1. The number of para-hydroxylation sites is 1. The van der Waals surface area contributed by atoms with Crippen molar-refractivity contribution in [3.8, 4) is 5.75 Å². The van der Waals surface area contributed by atoms with Crippen LogP contribution in [0.4, 0.5) is 0 Å². The van der Waals surface area contributed by atoms with Crippen LogP contribution in [0.5, 0.6) is 5.75 Å². The van der Waals surface area contributed by atoms with Gasteiger partial charge in [0.05, 0.1) is 16.5 Å². The molecule has 7 heteroatoms. The van der Waals surface area contributed by atoms with Crippen molar-refractivity contribution in [3.63, 3.8) is 0 Å². The Morgan fingerprint density at radius 3 is 2.65 bits per heavy atom. The fourth-order valence-corrected chi connectivity index (χ4v) is 3.16. The summed E-state index contributed by atoms with van der Waals surface area (Å²) in [5.74, 6) is 0.548. The van der Waals surface area contributed by atoms with E-state index in [-0.39, 0.29) is 18.9 Å². The van der Waals surface area contributed by atoms with E-state index in [9.17, 15) is 4.79 Å². The molecule has 0 aliphatic heterocycles. The second-order valence-corrected chi connectivity index (χ2v) is 6.61. The average Bonchev–Trinajstić information content (AvgIpc) is 2.61. The molecule has 0 unspecified atom stereocenters. The van der Waals surface area contributed by atoms with Gasteiger partial charge in [-0.1, -0.05) is 35.3 Å². The van der Waals surface area contributed by atoms with E-state index < -0.39 is 0 Å². The zero-order valence-corrected chi connectivity index (χ0v) is 15.9. The molecule has 0 saturated carbocycles. The van der Waals surface area contributed by atoms with Gasteiger partial charge in [0.2, 0.25) is 5.91 Å². The highest BCUT2D eigenvalue weighted by Crippen LogP contribution is 2.30. The standard InChI is InChI=1S/C19H17Cl2N3O2/c1-11-6-12(7-18(25)22-2)13-4-3-5-17(19(13)24-11)26-10-14-15(20)8-23-9-16(14)21/h3-6,8-9H,7,10H2,1-2H3,(H,22,25). The normalized spacial score (nSPS) is 10.8. The van der Waals surface area contributed by atoms with Crippen molar-refractivity contribution < 1.29 is 9.53 Å². The third kappa shape index (κ3) is 3.89. The summed E-state index contributed by atoms with van der Waals surface area (Å²) >= 11 is 12.3. The van der Waals surface area contributed by atoms with E-state index in [1.165, 1.54) is 12.4 Å². The van der Waals surface area contributed by atoms with Crippen LogP contribution in [0.3, 0.4) is 0 Å². The van der Waals surface area contributed by atoms with E-state index in [1.807, 2.05) is 31.2 Å². The van der Waals surface area contributed by atoms with Crippen LogP contribution in [0.2, 0.25) is 10.0 Å². The van der Waals surface area contributed by atoms with Gasteiger partial charge in [0.25, 0.3) is 0 Å². The first-order valence-corrected chi connectivity index (χ1v) is 8.75. The predicted molar refractivity (Wildman–Crippen MR) is 103 cm³/mol. The fraction of sp³-hybridized carbons (Fsp3) is 0.211. The first-order chi connectivity index (χ1) is 12.5. The summed E-state index contributed by atoms with van der Waals surface area (Å²) in [7, 11) is 1.62. The van der Waals surface area contributed by atoms with Gasteiger partial charge in [-0.2, -0.15) is 0 Å². The molecular weight excluding hydrogens is 373 g/mol. The number of halogens is 2. The van der Waals surface area contributed by atoms with E-state index in [0.29, 0.717) is 26.9 Å². The molecule has 3 rings (SSSR count). The molecule has 3 aromatic rings. The van der Waals surface area contributed by atoms with Crippen molar-refractivity contribution in [1.82, 2.24) is 15.3 Å². The lowest BCUT2D eigenvalue weighted by molar-refractivity contribution is -0.119. The fourth-order valence-electron chi connectivity index (χ4n) is 2.69. The van der Waals surface area contributed by atoms with Gasteiger partial charge in [-0.3, -0.25) is 9.78 Å². The number of nitrogens with zero attached hydrogens (tertiary/aromatic N) is 2. The maximum absolute atomic E-state index is 11.8. The Bertz CT molecular complexity index is 956. The van der Waals surface area contributed by atoms with Gasteiger partial charge in [0.15, 0.2) is 0 Å². The lowest BCUT2D eigenvalue weighted by Crippen LogP contribution is -2.20. The van der Waals surface area contributed by atoms with Crippen LogP contribution in [-0.2, 0) is 17.8 Å². The zero-order chi connectivity index (χ0) is 18.7. The minimum absolute atomic E-state index is 0.0569. The highest BCUT2D eigenvalue weighted by molar-refractivity contribution is 6.35. The molecule has 0 aliphatic rings. The van der Waals surface area contributed by atoms with Crippen LogP contribution in [0.15, 0.2) is 36.7 Å². The van der Waals surface area contributed by atoms with Gasteiger partial charge in [0.1, 0.15) is 17.9 Å². The number of pyridine rings is 2. The van der Waals surface area contributed by atoms with Crippen LogP contribution in [-0.4, -0.2) is 22.9 Å². The topological polar surface area (TPSA) is 64.1 Å². The lowest BCUT2D eigenvalue weighted by atomic mass is 10.0. The summed E-state index contributed by atoms with van der Waals surface area (Å²) in [6, 6.07) is 7.55. The maximum atomic E-state index is 11.8. The number of fused-ring (bicyclic) bond motifs is 1. The molecule has 0 saturated heterocycles. The van der Waals surface area contributed by atoms with E-state index in [4.69, 9.17) is 27.9 Å². The Balaban J connectivity index is 1.98. The van der Waals surface area contributed by atoms with Crippen LogP contribution in [0.25, 0.3) is 10.9 Å². The van der Waals surface area contributed by atoms with Crippen molar-refractivity contribution in [2.24, 2.45) is 0 Å². The molecule has 2 aromatic heterocycles. The minimum Gasteiger partial charge on any atom is -0.487 e. The molecule has 0 aliphatic carbocycles. The number of carbonyl (C=O) groups excluding carboxylic acids is 1. The minimum atomic E-state index is -0.0569. The van der Waals surface area contributed by atoms with Crippen molar-refractivity contribution in [3.05, 3.63) is 63.5 Å². The van der Waals surface area contributed by atoms with E-state index in [2.05, 4.69) is 15.3 Å². The largest absolute Gasteiger partial charge is 0.487 e. The number of carbonyl (C=O) groups is 1. The Morgan fingerprint density at radius 1 is 1.23 bits per heavy atom. The predicted octanol–water partition coefficient (Wildman–Crippen LogP) is 4.11. The van der Waals surface area contributed by atoms with E-state index in [0.717, 1.165) is 16.6 Å². The molecule has 0 fully saturated rings. The number of rotatable bonds is 5. The van der Waals surface area contributed by atoms with Crippen molar-refractivity contribution in [2.45, 2.75) is 20.0 Å². The summed E-state index contributed by atoms with van der Waals surface area (Å²) < 4.78 is 5.95. The van der Waals surface area contributed by atoms with E-state index >= 15 is 0 Å². The molecule has 0 bridgehead atoms. The third-order valence-corrected chi connectivity index (χ3v) is 4.62. The Hall–Kier alpha value is -2.37. The molecule has 1 N–H and O–H groups in total. The second-order valence-electron chi connectivity index (χ2n) is 5.80. The second kappa shape index (κ2) is 7.89. The van der Waals surface area contributed by atoms with Gasteiger partial charge in [-0.25, -0.2) is 4.98 Å². The Morgan fingerprint density at radius 2 is 1.96 bits per heavy atom. The van der Waals surface area contributed by atoms with Crippen LogP contribution in [0, 0.1) is 6.92 Å². The molecule has 0 spiro atoms. The highest BCUT2D eigenvalue weighted by Gasteiger charge is 2.13. The summed E-state index contributed by atoms with van der Waals surface area (Å²) in [5, 5.41) is 4.42. The molecule has 134 valence electrons. The number of aromatic nitrogens is 2. The molecule has 5 nitrogen and oxygen atoms in total. The highest BCUT2D eigenvalue weighted by atomic mass is 35.5. The van der Waals surface area contributed by atoms with Crippen molar-refractivity contribution >= 4 is 40.0 Å². The molecule has 1 amide bonds. The number of hydrogen-bond donors (Lipinski definition) is 1. The summed E-state index contributed by atoms with van der Waals surface area (Å²) in [4.78, 5) is 20.3. The molecule has 0 atom stereocenters. The van der Waals surface area contributed by atoms with E-state index in [1.54, 1.807) is 7.05 Å². The SMILES string of the molecule is CNC(=O)Cc1cc(C)nc2c(OCc3c(Cl)cncc3Cl)cccc12. The van der Waals surface area contributed by atoms with Crippen LogP contribution in [0.1, 0.15) is 16.8 Å². The average molecular weight is 390 g/mol. The smallest absolute Gasteiger partial charge is 0.224 e. The van der Waals surface area contributed by atoms with Gasteiger partial charge in [-0.05, 0) is 24.6 Å². The van der Waals surface area contributed by atoms with Gasteiger partial charge in [0, 0.05) is 36.1 Å². The summed E-state index contributed by atoms with van der Waals surface area (Å²) in [6.45, 7) is 2.08. The van der Waals surface area contributed by atoms with Gasteiger partial charge >= 0.3 is 0 Å². The van der Waals surface area contributed by atoms with Crippen molar-refractivity contribution in [2.75, 3.05) is 7.05 Å². The van der Waals surface area contributed by atoms with Crippen molar-refractivity contribution in [1.29, 1.82) is 0 Å². The van der Waals surface area contributed by atoms with Gasteiger partial charge in [-0.15, -0.1) is 0 Å². The molecule has 2 heterocycles. The number of aryl methyl sites for hydroxylation is 1. The Labute approximate surface area is 161 Å².